The molecular weight excluding hydrogens is 669 g/mol. The van der Waals surface area contributed by atoms with Gasteiger partial charge in [-0.1, -0.05) is 146 Å². The van der Waals surface area contributed by atoms with E-state index in [1.807, 2.05) is 0 Å². The Kier molecular flexibility index (Phi) is 10.0. The summed E-state index contributed by atoms with van der Waals surface area (Å²) in [5.74, 6) is 2.93. The molecule has 0 radical (unpaired) electrons. The fourth-order valence-electron chi connectivity index (χ4n) is 11.1. The molecule has 0 nitrogen and oxygen atoms in total. The van der Waals surface area contributed by atoms with E-state index in [-0.39, 0.29) is 21.7 Å². The van der Waals surface area contributed by atoms with E-state index in [1.54, 1.807) is 21.0 Å². The molecule has 0 N–H and O–H groups in total. The van der Waals surface area contributed by atoms with Crippen molar-refractivity contribution in [1.82, 2.24) is 0 Å². The second-order valence-electron chi connectivity index (χ2n) is 22.2. The molecule has 4 aliphatic rings. The van der Waals surface area contributed by atoms with Gasteiger partial charge in [-0.15, -0.1) is 23.5 Å². The quantitative estimate of drug-likeness (QED) is 0.286. The molecule has 0 spiro atoms. The Morgan fingerprint density at radius 2 is 0.765 bits per heavy atom. The van der Waals surface area contributed by atoms with Gasteiger partial charge in [0.2, 0.25) is 0 Å². The van der Waals surface area contributed by atoms with Crippen LogP contribution in [0.25, 0.3) is 11.1 Å². The van der Waals surface area contributed by atoms with E-state index >= 15 is 0 Å². The number of thioether (sulfide) groups is 2. The van der Waals surface area contributed by atoms with Crippen molar-refractivity contribution >= 4 is 42.7 Å². The second-order valence-corrected chi connectivity index (χ2v) is 30.0. The average Bonchev–Trinajstić information content (AvgIpc) is 3.65. The van der Waals surface area contributed by atoms with Gasteiger partial charge in [-0.25, -0.2) is 0 Å². The van der Waals surface area contributed by atoms with Crippen LogP contribution in [0.5, 0.6) is 0 Å². The minimum Gasteiger partial charge on any atom is -0.127 e. The second kappa shape index (κ2) is 13.0. The van der Waals surface area contributed by atoms with Gasteiger partial charge in [0.1, 0.15) is 0 Å². The summed E-state index contributed by atoms with van der Waals surface area (Å²) in [4.78, 5) is 3.22. The smallest absolute Gasteiger partial charge is 0.0564 e. The molecule has 51 heavy (non-hydrogen) atoms. The van der Waals surface area contributed by atoms with Gasteiger partial charge >= 0.3 is 0 Å². The highest BCUT2D eigenvalue weighted by atomic mass is 32.2. The van der Waals surface area contributed by atoms with E-state index in [1.165, 1.54) is 46.2 Å². The van der Waals surface area contributed by atoms with Crippen molar-refractivity contribution in [2.45, 2.75) is 180 Å². The number of fused-ring (bicyclic) bond motifs is 2. The first kappa shape index (κ1) is 39.5. The summed E-state index contributed by atoms with van der Waals surface area (Å²) in [5, 5.41) is 1.47. The molecule has 2 heterocycles. The zero-order valence-corrected chi connectivity index (χ0v) is 38.4. The van der Waals surface area contributed by atoms with Crippen molar-refractivity contribution < 1.29 is 0 Å². The standard InChI is InChI=1S/C48H72S2Si/c1-27-19-37-39(31-21-33(45(5,6)7)25-34(22-31)46(8,9)10)29(3)49-41(37)43(27)51(17,18)44-28(2)20-38-40(30(4)50-42(38)44)32-23-35(47(11,12)13)26-36(24-32)48(14,15)16/h21-28,37-38,41-44H,19-20H2,1-18H3. The summed E-state index contributed by atoms with van der Waals surface area (Å²) in [5.41, 5.74) is 14.6. The minimum absolute atomic E-state index is 0.136. The van der Waals surface area contributed by atoms with E-state index in [0.717, 1.165) is 33.4 Å². The maximum absolute atomic E-state index is 2.84. The molecule has 2 fully saturated rings. The van der Waals surface area contributed by atoms with Crippen molar-refractivity contribution in [3.05, 3.63) is 79.6 Å². The predicted octanol–water partition coefficient (Wildman–Crippen LogP) is 15.0. The molecule has 2 aliphatic carbocycles. The Morgan fingerprint density at radius 1 is 0.490 bits per heavy atom. The normalized spacial score (nSPS) is 30.5. The third-order valence-corrected chi connectivity index (χ3v) is 22.5. The Balaban J connectivity index is 1.33. The third-order valence-electron chi connectivity index (χ3n) is 13.8. The maximum atomic E-state index is 2.84. The van der Waals surface area contributed by atoms with Crippen LogP contribution in [0.1, 0.15) is 157 Å². The molecule has 0 bridgehead atoms. The minimum atomic E-state index is -1.71. The van der Waals surface area contributed by atoms with Crippen LogP contribution in [0.15, 0.2) is 46.2 Å². The van der Waals surface area contributed by atoms with Crippen molar-refractivity contribution in [1.29, 1.82) is 0 Å². The van der Waals surface area contributed by atoms with Crippen LogP contribution >= 0.6 is 23.5 Å². The van der Waals surface area contributed by atoms with E-state index < -0.39 is 8.07 Å². The zero-order valence-electron chi connectivity index (χ0n) is 35.8. The van der Waals surface area contributed by atoms with Gasteiger partial charge in [-0.05, 0) is 137 Å². The van der Waals surface area contributed by atoms with Crippen LogP contribution in [0, 0.1) is 23.7 Å². The van der Waals surface area contributed by atoms with Gasteiger partial charge in [0, 0.05) is 10.5 Å². The molecule has 2 aromatic rings. The van der Waals surface area contributed by atoms with Crippen molar-refractivity contribution in [2.75, 3.05) is 0 Å². The lowest BCUT2D eigenvalue weighted by Crippen LogP contribution is -2.47. The molecule has 2 aromatic carbocycles. The molecule has 8 unspecified atom stereocenters. The Hall–Kier alpha value is -1.16. The number of hydrogen-bond donors (Lipinski definition) is 0. The maximum Gasteiger partial charge on any atom is 0.0564 e. The Bertz CT molecular complexity index is 1550. The van der Waals surface area contributed by atoms with E-state index in [9.17, 15) is 0 Å². The Labute approximate surface area is 324 Å². The zero-order chi connectivity index (χ0) is 38.0. The van der Waals surface area contributed by atoms with Gasteiger partial charge in [0.25, 0.3) is 0 Å². The molecule has 3 heteroatoms. The predicted molar refractivity (Wildman–Crippen MR) is 235 cm³/mol. The first-order valence-electron chi connectivity index (χ1n) is 20.3. The third kappa shape index (κ3) is 7.10. The first-order chi connectivity index (χ1) is 23.2. The van der Waals surface area contributed by atoms with Crippen LogP contribution in [0.2, 0.25) is 24.2 Å². The van der Waals surface area contributed by atoms with Crippen LogP contribution < -0.4 is 0 Å². The summed E-state index contributed by atoms with van der Waals surface area (Å²) in [6.45, 7) is 44.6. The lowest BCUT2D eigenvalue weighted by Gasteiger charge is -2.44. The van der Waals surface area contributed by atoms with E-state index in [2.05, 4.69) is 184 Å². The largest absolute Gasteiger partial charge is 0.127 e. The van der Waals surface area contributed by atoms with Gasteiger partial charge in [-0.2, -0.15) is 0 Å². The van der Waals surface area contributed by atoms with Crippen molar-refractivity contribution in [3.8, 4) is 0 Å². The summed E-state index contributed by atoms with van der Waals surface area (Å²) in [7, 11) is -1.71. The summed E-state index contributed by atoms with van der Waals surface area (Å²) < 4.78 is 0. The van der Waals surface area contributed by atoms with Crippen LogP contribution in [0.3, 0.4) is 0 Å². The first-order valence-corrected chi connectivity index (χ1v) is 25.2. The van der Waals surface area contributed by atoms with Gasteiger partial charge in [0.15, 0.2) is 0 Å². The number of allylic oxidation sites excluding steroid dienone is 4. The van der Waals surface area contributed by atoms with Gasteiger partial charge in [0.05, 0.1) is 8.07 Å². The van der Waals surface area contributed by atoms with E-state index in [4.69, 9.17) is 0 Å². The molecule has 0 amide bonds. The van der Waals surface area contributed by atoms with Gasteiger partial charge < -0.3 is 0 Å². The average molecular weight is 741 g/mol. The molecule has 6 rings (SSSR count). The van der Waals surface area contributed by atoms with Crippen molar-refractivity contribution in [3.63, 3.8) is 0 Å². The highest BCUT2D eigenvalue weighted by Crippen LogP contribution is 2.69. The molecule has 8 atom stereocenters. The highest BCUT2D eigenvalue weighted by molar-refractivity contribution is 8.04. The SMILES string of the molecule is CC1=C(c2cc(C(C)(C)C)cc(C(C)(C)C)c2)C2CC(C)C([Si](C)(C)C3C(C)CC4C(c5cc(C(C)(C)C)cc(C(C)(C)C)c5)=C(C)SC43)C2S1. The molecular formula is C48H72S2Si. The van der Waals surface area contributed by atoms with Gasteiger partial charge in [-0.3, -0.25) is 0 Å². The van der Waals surface area contributed by atoms with E-state index in [0.29, 0.717) is 11.8 Å². The summed E-state index contributed by atoms with van der Waals surface area (Å²) in [6, 6.07) is 15.3. The van der Waals surface area contributed by atoms with Crippen molar-refractivity contribution in [2.24, 2.45) is 23.7 Å². The topological polar surface area (TPSA) is 0 Å². The lowest BCUT2D eigenvalue weighted by molar-refractivity contribution is 0.545. The lowest BCUT2D eigenvalue weighted by atomic mass is 9.77. The molecule has 280 valence electrons. The molecule has 0 aromatic heterocycles. The fraction of sp³-hybridized carbons (Fsp3) is 0.667. The molecule has 2 aliphatic heterocycles. The number of rotatable bonds is 4. The summed E-state index contributed by atoms with van der Waals surface area (Å²) >= 11 is 4.59. The Morgan fingerprint density at radius 3 is 1.02 bits per heavy atom. The molecule has 0 saturated heterocycles. The fourth-order valence-corrected chi connectivity index (χ4v) is 22.7. The number of benzene rings is 2. The number of hydrogen-bond acceptors (Lipinski definition) is 2. The molecule has 2 saturated carbocycles. The van der Waals surface area contributed by atoms with Crippen LogP contribution in [-0.4, -0.2) is 18.6 Å². The van der Waals surface area contributed by atoms with Crippen LogP contribution in [0.4, 0.5) is 0 Å². The highest BCUT2D eigenvalue weighted by Gasteiger charge is 2.61. The monoisotopic (exact) mass is 740 g/mol. The van der Waals surface area contributed by atoms with Crippen LogP contribution in [-0.2, 0) is 21.7 Å². The summed E-state index contributed by atoms with van der Waals surface area (Å²) in [6.07, 6.45) is 2.71.